The fourth-order valence-corrected chi connectivity index (χ4v) is 2.67. The van der Waals surface area contributed by atoms with Crippen molar-refractivity contribution in [2.75, 3.05) is 7.11 Å². The van der Waals surface area contributed by atoms with Gasteiger partial charge >= 0.3 is 0 Å². The summed E-state index contributed by atoms with van der Waals surface area (Å²) >= 11 is 1.30. The van der Waals surface area contributed by atoms with Crippen molar-refractivity contribution in [2.45, 2.75) is 19.8 Å². The first-order chi connectivity index (χ1) is 9.56. The van der Waals surface area contributed by atoms with Gasteiger partial charge in [0, 0.05) is 6.20 Å². The third-order valence-electron chi connectivity index (χ3n) is 3.02. The van der Waals surface area contributed by atoms with Crippen molar-refractivity contribution in [3.8, 4) is 11.8 Å². The third kappa shape index (κ3) is 2.70. The zero-order valence-electron chi connectivity index (χ0n) is 11.5. The number of hydrogen-bond donors (Lipinski definition) is 0. The van der Waals surface area contributed by atoms with Crippen LogP contribution in [0.5, 0.6) is 5.75 Å². The number of methoxy groups -OCH3 is 1. The molecule has 2 aromatic rings. The van der Waals surface area contributed by atoms with Gasteiger partial charge in [0.2, 0.25) is 0 Å². The van der Waals surface area contributed by atoms with Gasteiger partial charge < -0.3 is 4.74 Å². The minimum absolute atomic E-state index is 0.219. The van der Waals surface area contributed by atoms with E-state index in [0.717, 1.165) is 10.6 Å². The van der Waals surface area contributed by atoms with Crippen LogP contribution in [-0.2, 0) is 0 Å². The Kier molecular flexibility index (Phi) is 4.16. The number of thiazole rings is 1. The second kappa shape index (κ2) is 5.85. The van der Waals surface area contributed by atoms with Crippen molar-refractivity contribution in [1.82, 2.24) is 4.98 Å². The van der Waals surface area contributed by atoms with Crippen LogP contribution in [0.2, 0.25) is 0 Å². The van der Waals surface area contributed by atoms with Crippen molar-refractivity contribution in [3.63, 3.8) is 0 Å². The van der Waals surface area contributed by atoms with Gasteiger partial charge in [-0.1, -0.05) is 12.1 Å². The number of benzene rings is 1. The van der Waals surface area contributed by atoms with Crippen molar-refractivity contribution >= 4 is 17.1 Å². The molecule has 1 aromatic carbocycles. The lowest BCUT2D eigenvalue weighted by molar-refractivity contribution is 0.0982. The first-order valence-corrected chi connectivity index (χ1v) is 6.89. The Balaban J connectivity index is 2.38. The summed E-state index contributed by atoms with van der Waals surface area (Å²) in [6.45, 7) is 3.75. The molecule has 2 rings (SSSR count). The maximum atomic E-state index is 12.4. The summed E-state index contributed by atoms with van der Waals surface area (Å²) in [6, 6.07) is 7.46. The maximum absolute atomic E-state index is 12.4. The number of carbonyl (C=O) groups is 1. The summed E-state index contributed by atoms with van der Waals surface area (Å²) in [5.41, 5.74) is 1.61. The number of rotatable bonds is 4. The minimum atomic E-state index is -0.829. The van der Waals surface area contributed by atoms with Gasteiger partial charge in [0.15, 0.2) is 5.78 Å². The smallest absolute Gasteiger partial charge is 0.195 e. The number of carbonyl (C=O) groups excluding carboxylic acids is 1. The highest BCUT2D eigenvalue weighted by Crippen LogP contribution is 2.28. The van der Waals surface area contributed by atoms with E-state index in [0.29, 0.717) is 16.2 Å². The second-order valence-electron chi connectivity index (χ2n) is 4.40. The molecule has 0 spiro atoms. The van der Waals surface area contributed by atoms with Gasteiger partial charge in [-0.25, -0.2) is 4.98 Å². The van der Waals surface area contributed by atoms with Gasteiger partial charge in [0.05, 0.1) is 23.1 Å². The number of ether oxygens (including phenoxy) is 1. The lowest BCUT2D eigenvalue weighted by Crippen LogP contribution is -2.10. The van der Waals surface area contributed by atoms with Gasteiger partial charge in [-0.3, -0.25) is 4.79 Å². The van der Waals surface area contributed by atoms with E-state index in [-0.39, 0.29) is 5.78 Å². The number of hydrogen-bond acceptors (Lipinski definition) is 5. The Morgan fingerprint density at radius 2 is 2.20 bits per heavy atom. The summed E-state index contributed by atoms with van der Waals surface area (Å²) in [5.74, 6) is -0.371. The van der Waals surface area contributed by atoms with Gasteiger partial charge in [-0.05, 0) is 31.0 Å². The van der Waals surface area contributed by atoms with E-state index in [1.807, 2.05) is 19.9 Å². The van der Waals surface area contributed by atoms with E-state index >= 15 is 0 Å². The summed E-state index contributed by atoms with van der Waals surface area (Å²) in [5, 5.41) is 10.1. The molecule has 102 valence electrons. The Bertz CT molecular complexity index is 685. The Labute approximate surface area is 121 Å². The molecule has 1 atom stereocenters. The molecule has 0 aliphatic rings. The Morgan fingerprint density at radius 1 is 1.45 bits per heavy atom. The molecule has 0 fully saturated rings. The minimum Gasteiger partial charge on any atom is -0.496 e. The molecule has 5 heteroatoms. The van der Waals surface area contributed by atoms with Crippen LogP contribution in [0.1, 0.15) is 31.7 Å². The molecule has 1 aromatic heterocycles. The fourth-order valence-electron chi connectivity index (χ4n) is 1.92. The van der Waals surface area contributed by atoms with Crippen LogP contribution in [0.3, 0.4) is 0 Å². The van der Waals surface area contributed by atoms with Crippen LogP contribution < -0.4 is 4.74 Å². The summed E-state index contributed by atoms with van der Waals surface area (Å²) in [4.78, 5) is 16.9. The van der Waals surface area contributed by atoms with E-state index < -0.39 is 5.92 Å². The molecule has 0 saturated heterocycles. The molecule has 20 heavy (non-hydrogen) atoms. The van der Waals surface area contributed by atoms with Crippen molar-refractivity contribution in [3.05, 3.63) is 45.4 Å². The van der Waals surface area contributed by atoms with E-state index in [9.17, 15) is 10.1 Å². The highest BCUT2D eigenvalue weighted by atomic mass is 32.1. The third-order valence-corrected chi connectivity index (χ3v) is 3.95. The van der Waals surface area contributed by atoms with E-state index in [1.165, 1.54) is 17.5 Å². The van der Waals surface area contributed by atoms with Crippen molar-refractivity contribution < 1.29 is 9.53 Å². The summed E-state index contributed by atoms with van der Waals surface area (Å²) in [7, 11) is 1.57. The average molecular weight is 286 g/mol. The molecule has 0 aliphatic carbocycles. The first kappa shape index (κ1) is 14.2. The largest absolute Gasteiger partial charge is 0.496 e. The summed E-state index contributed by atoms with van der Waals surface area (Å²) in [6.07, 6.45) is 1.53. The molecular weight excluding hydrogens is 272 g/mol. The van der Waals surface area contributed by atoms with Crippen LogP contribution in [0.25, 0.3) is 0 Å². The standard InChI is InChI=1S/C15H14N2O2S/c1-9-4-5-11(6-13(9)19-3)12(7-16)15(18)14-8-17-10(2)20-14/h4-6,8,12H,1-3H3. The monoisotopic (exact) mass is 286 g/mol. The molecule has 0 bridgehead atoms. The predicted molar refractivity (Wildman–Crippen MR) is 77.3 cm³/mol. The number of nitriles is 1. The lowest BCUT2D eigenvalue weighted by atomic mass is 9.94. The normalized spacial score (nSPS) is 11.7. The van der Waals surface area contributed by atoms with Gasteiger partial charge in [-0.15, -0.1) is 11.3 Å². The predicted octanol–water partition coefficient (Wildman–Crippen LogP) is 3.26. The first-order valence-electron chi connectivity index (χ1n) is 6.07. The zero-order valence-corrected chi connectivity index (χ0v) is 12.3. The van der Waals surface area contributed by atoms with Crippen molar-refractivity contribution in [2.24, 2.45) is 0 Å². The summed E-state index contributed by atoms with van der Waals surface area (Å²) < 4.78 is 5.24. The quantitative estimate of drug-likeness (QED) is 0.809. The van der Waals surface area contributed by atoms with Crippen LogP contribution in [0, 0.1) is 25.2 Å². The topological polar surface area (TPSA) is 63.0 Å². The van der Waals surface area contributed by atoms with Gasteiger partial charge in [-0.2, -0.15) is 5.26 Å². The number of nitrogens with zero attached hydrogens (tertiary/aromatic N) is 2. The number of aryl methyl sites for hydroxylation is 2. The molecule has 1 unspecified atom stereocenters. The molecule has 0 saturated carbocycles. The Morgan fingerprint density at radius 3 is 2.75 bits per heavy atom. The van der Waals surface area contributed by atoms with Crippen LogP contribution >= 0.6 is 11.3 Å². The van der Waals surface area contributed by atoms with E-state index in [4.69, 9.17) is 4.74 Å². The zero-order chi connectivity index (χ0) is 14.7. The molecular formula is C15H14N2O2S. The lowest BCUT2D eigenvalue weighted by Gasteiger charge is -2.10. The average Bonchev–Trinajstić information content (AvgIpc) is 2.88. The Hall–Kier alpha value is -2.19. The van der Waals surface area contributed by atoms with Crippen LogP contribution in [0.4, 0.5) is 0 Å². The van der Waals surface area contributed by atoms with Crippen molar-refractivity contribution in [1.29, 1.82) is 5.26 Å². The fraction of sp³-hybridized carbons (Fsp3) is 0.267. The van der Waals surface area contributed by atoms with Crippen LogP contribution in [-0.4, -0.2) is 17.9 Å². The highest BCUT2D eigenvalue weighted by molar-refractivity contribution is 7.13. The SMILES string of the molecule is COc1cc(C(C#N)C(=O)c2cnc(C)s2)ccc1C. The maximum Gasteiger partial charge on any atom is 0.195 e. The molecule has 0 aliphatic heterocycles. The number of Topliss-reactive ketones (excluding diaryl/α,β-unsaturated/α-hetero) is 1. The van der Waals surface area contributed by atoms with Crippen LogP contribution in [0.15, 0.2) is 24.4 Å². The molecule has 0 radical (unpaired) electrons. The highest BCUT2D eigenvalue weighted by Gasteiger charge is 2.24. The van der Waals surface area contributed by atoms with E-state index in [2.05, 4.69) is 11.1 Å². The van der Waals surface area contributed by atoms with E-state index in [1.54, 1.807) is 19.2 Å². The van der Waals surface area contributed by atoms with Gasteiger partial charge in [0.1, 0.15) is 11.7 Å². The second-order valence-corrected chi connectivity index (χ2v) is 5.63. The van der Waals surface area contributed by atoms with Gasteiger partial charge in [0.25, 0.3) is 0 Å². The molecule has 4 nitrogen and oxygen atoms in total. The number of ketones is 1. The molecule has 1 heterocycles. The molecule has 0 N–H and O–H groups in total. The number of aromatic nitrogens is 1. The molecule has 0 amide bonds.